The Balaban J connectivity index is 2.19. The zero-order valence-electron chi connectivity index (χ0n) is 10.3. The van der Waals surface area contributed by atoms with E-state index < -0.39 is 0 Å². The van der Waals surface area contributed by atoms with Gasteiger partial charge in [-0.2, -0.15) is 0 Å². The number of nitrogens with zero attached hydrogens (tertiary/aromatic N) is 1. The summed E-state index contributed by atoms with van der Waals surface area (Å²) in [5.74, 6) is 1.21. The minimum atomic E-state index is -0.0805. The van der Waals surface area contributed by atoms with E-state index in [2.05, 4.69) is 0 Å². The van der Waals surface area contributed by atoms with Gasteiger partial charge in [0, 0.05) is 19.8 Å². The number of ether oxygens (including phenoxy) is 1. The molecule has 0 aromatic heterocycles. The van der Waals surface area contributed by atoms with Crippen LogP contribution in [0.1, 0.15) is 23.2 Å². The minimum absolute atomic E-state index is 0.0805. The molecule has 1 saturated carbocycles. The Kier molecular flexibility index (Phi) is 3.22. The first-order valence-corrected chi connectivity index (χ1v) is 5.82. The van der Waals surface area contributed by atoms with Gasteiger partial charge < -0.3 is 15.4 Å². The highest BCUT2D eigenvalue weighted by atomic mass is 16.5. The van der Waals surface area contributed by atoms with E-state index in [-0.39, 0.29) is 5.91 Å². The van der Waals surface area contributed by atoms with Gasteiger partial charge in [-0.15, -0.1) is 0 Å². The van der Waals surface area contributed by atoms with E-state index >= 15 is 0 Å². The first-order valence-electron chi connectivity index (χ1n) is 5.82. The van der Waals surface area contributed by atoms with E-state index in [4.69, 9.17) is 10.5 Å². The predicted octanol–water partition coefficient (Wildman–Crippen LogP) is 1.76. The molecular formula is C13H18N2O2. The van der Waals surface area contributed by atoms with Crippen molar-refractivity contribution in [2.24, 2.45) is 5.92 Å². The van der Waals surface area contributed by atoms with Crippen LogP contribution in [0.25, 0.3) is 0 Å². The number of benzene rings is 1. The number of hydrogen-bond donors (Lipinski definition) is 1. The lowest BCUT2D eigenvalue weighted by Gasteiger charge is -2.15. The van der Waals surface area contributed by atoms with Gasteiger partial charge in [-0.05, 0) is 37.0 Å². The molecule has 2 rings (SSSR count). The average Bonchev–Trinajstić information content (AvgIpc) is 3.10. The van der Waals surface area contributed by atoms with E-state index in [1.54, 1.807) is 32.3 Å². The maximum absolute atomic E-state index is 12.0. The van der Waals surface area contributed by atoms with Gasteiger partial charge >= 0.3 is 0 Å². The third kappa shape index (κ3) is 2.90. The van der Waals surface area contributed by atoms with Crippen molar-refractivity contribution in [2.45, 2.75) is 12.8 Å². The molecule has 1 aromatic rings. The number of carbonyl (C=O) groups is 1. The van der Waals surface area contributed by atoms with Crippen LogP contribution in [0, 0.1) is 5.92 Å². The Morgan fingerprint density at radius 3 is 2.76 bits per heavy atom. The summed E-state index contributed by atoms with van der Waals surface area (Å²) in [5, 5.41) is 0. The Morgan fingerprint density at radius 2 is 2.18 bits per heavy atom. The standard InChI is InChI=1S/C13H18N2O2/c1-15(2)13(16)11-7-10(14)5-6-12(11)17-8-9-3-4-9/h5-7,9H,3-4,8,14H2,1-2H3. The molecule has 0 heterocycles. The summed E-state index contributed by atoms with van der Waals surface area (Å²) in [7, 11) is 3.44. The number of rotatable bonds is 4. The van der Waals surface area contributed by atoms with Gasteiger partial charge in [0.1, 0.15) is 5.75 Å². The summed E-state index contributed by atoms with van der Waals surface area (Å²) >= 11 is 0. The molecule has 0 aliphatic heterocycles. The predicted molar refractivity (Wildman–Crippen MR) is 67.1 cm³/mol. The van der Waals surface area contributed by atoms with Crippen molar-refractivity contribution in [3.8, 4) is 5.75 Å². The quantitative estimate of drug-likeness (QED) is 0.808. The zero-order chi connectivity index (χ0) is 12.4. The topological polar surface area (TPSA) is 55.6 Å². The van der Waals surface area contributed by atoms with Crippen molar-refractivity contribution >= 4 is 11.6 Å². The van der Waals surface area contributed by atoms with Crippen molar-refractivity contribution in [2.75, 3.05) is 26.4 Å². The minimum Gasteiger partial charge on any atom is -0.492 e. The lowest BCUT2D eigenvalue weighted by molar-refractivity contribution is 0.0823. The molecule has 4 heteroatoms. The summed E-state index contributed by atoms with van der Waals surface area (Å²) in [6.45, 7) is 0.692. The monoisotopic (exact) mass is 234 g/mol. The molecule has 0 unspecified atom stereocenters. The van der Waals surface area contributed by atoms with Crippen molar-refractivity contribution in [3.05, 3.63) is 23.8 Å². The zero-order valence-corrected chi connectivity index (χ0v) is 10.3. The SMILES string of the molecule is CN(C)C(=O)c1cc(N)ccc1OCC1CC1. The fraction of sp³-hybridized carbons (Fsp3) is 0.462. The second-order valence-electron chi connectivity index (χ2n) is 4.71. The van der Waals surface area contributed by atoms with Gasteiger partial charge in [0.2, 0.25) is 0 Å². The van der Waals surface area contributed by atoms with Crippen molar-refractivity contribution in [1.82, 2.24) is 4.90 Å². The summed E-state index contributed by atoms with van der Waals surface area (Å²) in [4.78, 5) is 13.5. The van der Waals surface area contributed by atoms with Gasteiger partial charge in [0.15, 0.2) is 0 Å². The highest BCUT2D eigenvalue weighted by molar-refractivity contribution is 5.97. The van der Waals surface area contributed by atoms with Crippen molar-refractivity contribution in [3.63, 3.8) is 0 Å². The van der Waals surface area contributed by atoms with Gasteiger partial charge in [-0.25, -0.2) is 0 Å². The first kappa shape index (κ1) is 11.8. The largest absolute Gasteiger partial charge is 0.492 e. The third-order valence-corrected chi connectivity index (χ3v) is 2.81. The Labute approximate surface area is 101 Å². The summed E-state index contributed by atoms with van der Waals surface area (Å²) in [6.07, 6.45) is 2.46. The molecule has 1 aliphatic carbocycles. The highest BCUT2D eigenvalue weighted by Crippen LogP contribution is 2.31. The normalized spacial score (nSPS) is 14.5. The van der Waals surface area contributed by atoms with E-state index in [0.717, 1.165) is 0 Å². The molecule has 0 spiro atoms. The molecule has 1 aromatic carbocycles. The second-order valence-corrected chi connectivity index (χ2v) is 4.71. The van der Waals surface area contributed by atoms with Crippen LogP contribution in [0.4, 0.5) is 5.69 Å². The number of anilines is 1. The third-order valence-electron chi connectivity index (χ3n) is 2.81. The molecule has 17 heavy (non-hydrogen) atoms. The lowest BCUT2D eigenvalue weighted by atomic mass is 10.1. The van der Waals surface area contributed by atoms with Gasteiger partial charge in [-0.1, -0.05) is 0 Å². The van der Waals surface area contributed by atoms with E-state index in [9.17, 15) is 4.79 Å². The van der Waals surface area contributed by atoms with Crippen LogP contribution in [0.15, 0.2) is 18.2 Å². The molecule has 1 fully saturated rings. The van der Waals surface area contributed by atoms with Crippen LogP contribution in [0.5, 0.6) is 5.75 Å². The average molecular weight is 234 g/mol. The van der Waals surface area contributed by atoms with Crippen molar-refractivity contribution in [1.29, 1.82) is 0 Å². The molecule has 1 amide bonds. The number of carbonyl (C=O) groups excluding carboxylic acids is 1. The number of nitrogens with two attached hydrogens (primary N) is 1. The molecule has 0 bridgehead atoms. The first-order chi connectivity index (χ1) is 8.08. The Bertz CT molecular complexity index is 425. The fourth-order valence-electron chi connectivity index (χ4n) is 1.57. The summed E-state index contributed by atoms with van der Waals surface area (Å²) in [6, 6.07) is 5.20. The molecule has 2 N–H and O–H groups in total. The molecule has 92 valence electrons. The summed E-state index contributed by atoms with van der Waals surface area (Å²) in [5.41, 5.74) is 6.82. The molecular weight excluding hydrogens is 216 g/mol. The smallest absolute Gasteiger partial charge is 0.257 e. The highest BCUT2D eigenvalue weighted by Gasteiger charge is 2.23. The summed E-state index contributed by atoms with van der Waals surface area (Å²) < 4.78 is 5.68. The van der Waals surface area contributed by atoms with Crippen LogP contribution in [-0.2, 0) is 0 Å². The molecule has 0 radical (unpaired) electrons. The maximum atomic E-state index is 12.0. The van der Waals surface area contributed by atoms with Gasteiger partial charge in [-0.3, -0.25) is 4.79 Å². The molecule has 4 nitrogen and oxygen atoms in total. The molecule has 0 atom stereocenters. The van der Waals surface area contributed by atoms with Crippen molar-refractivity contribution < 1.29 is 9.53 Å². The van der Waals surface area contributed by atoms with Gasteiger partial charge in [0.25, 0.3) is 5.91 Å². The van der Waals surface area contributed by atoms with Crippen LogP contribution < -0.4 is 10.5 Å². The van der Waals surface area contributed by atoms with Crippen LogP contribution in [0.3, 0.4) is 0 Å². The van der Waals surface area contributed by atoms with E-state index in [1.807, 2.05) is 0 Å². The lowest BCUT2D eigenvalue weighted by Crippen LogP contribution is -2.22. The van der Waals surface area contributed by atoms with Crippen LogP contribution in [0.2, 0.25) is 0 Å². The van der Waals surface area contributed by atoms with Gasteiger partial charge in [0.05, 0.1) is 12.2 Å². The number of hydrogen-bond acceptors (Lipinski definition) is 3. The number of amides is 1. The Morgan fingerprint density at radius 1 is 1.47 bits per heavy atom. The van der Waals surface area contributed by atoms with E-state index in [1.165, 1.54) is 17.7 Å². The van der Waals surface area contributed by atoms with E-state index in [0.29, 0.717) is 29.5 Å². The fourth-order valence-corrected chi connectivity index (χ4v) is 1.57. The van der Waals surface area contributed by atoms with Crippen LogP contribution in [-0.4, -0.2) is 31.5 Å². The van der Waals surface area contributed by atoms with Crippen LogP contribution >= 0.6 is 0 Å². The molecule has 1 aliphatic rings. The molecule has 0 saturated heterocycles. The number of nitrogen functional groups attached to an aromatic ring is 1. The maximum Gasteiger partial charge on any atom is 0.257 e. The second kappa shape index (κ2) is 4.65. The Hall–Kier alpha value is -1.71.